The van der Waals surface area contributed by atoms with Gasteiger partial charge in [0.1, 0.15) is 5.58 Å². The molecule has 0 spiro atoms. The van der Waals surface area contributed by atoms with Crippen LogP contribution in [0.2, 0.25) is 0 Å². The third-order valence-electron chi connectivity index (χ3n) is 3.37. The van der Waals surface area contributed by atoms with E-state index in [1.807, 2.05) is 36.4 Å². The Morgan fingerprint density at radius 2 is 2.21 bits per heavy atom. The Balaban J connectivity index is 1.72. The summed E-state index contributed by atoms with van der Waals surface area (Å²) in [6.45, 7) is 0.119. The van der Waals surface area contributed by atoms with Gasteiger partial charge in [0.25, 0.3) is 5.91 Å². The Labute approximate surface area is 110 Å². The summed E-state index contributed by atoms with van der Waals surface area (Å²) in [7, 11) is 0. The normalized spacial score (nSPS) is 21.9. The van der Waals surface area contributed by atoms with Gasteiger partial charge in [0, 0.05) is 24.0 Å². The van der Waals surface area contributed by atoms with Crippen LogP contribution in [-0.2, 0) is 0 Å². The Kier molecular flexibility index (Phi) is 3.09. The molecule has 0 bridgehead atoms. The van der Waals surface area contributed by atoms with E-state index in [2.05, 4.69) is 5.32 Å². The first-order chi connectivity index (χ1) is 9.26. The molecule has 2 aromatic rings. The lowest BCUT2D eigenvalue weighted by molar-refractivity contribution is 0.0915. The molecule has 1 aliphatic rings. The van der Waals surface area contributed by atoms with Gasteiger partial charge in [-0.25, -0.2) is 0 Å². The highest BCUT2D eigenvalue weighted by Gasteiger charge is 2.21. The number of hydrogen-bond acceptors (Lipinski definition) is 3. The van der Waals surface area contributed by atoms with Gasteiger partial charge in [-0.05, 0) is 18.6 Å². The van der Waals surface area contributed by atoms with Crippen molar-refractivity contribution in [3.05, 3.63) is 48.2 Å². The van der Waals surface area contributed by atoms with E-state index in [4.69, 9.17) is 9.52 Å². The first kappa shape index (κ1) is 12.0. The number of benzene rings is 1. The smallest absolute Gasteiger partial charge is 0.287 e. The molecule has 4 nitrogen and oxygen atoms in total. The Bertz CT molecular complexity index is 596. The highest BCUT2D eigenvalue weighted by Crippen LogP contribution is 2.20. The predicted molar refractivity (Wildman–Crippen MR) is 71.8 cm³/mol. The molecule has 0 saturated carbocycles. The van der Waals surface area contributed by atoms with Gasteiger partial charge in [-0.1, -0.05) is 30.4 Å². The number of aliphatic hydroxyl groups is 1. The predicted octanol–water partition coefficient (Wildman–Crippen LogP) is 2.10. The van der Waals surface area contributed by atoms with E-state index in [0.29, 0.717) is 11.3 Å². The van der Waals surface area contributed by atoms with Gasteiger partial charge in [0.2, 0.25) is 0 Å². The van der Waals surface area contributed by atoms with E-state index < -0.39 is 0 Å². The molecule has 3 rings (SSSR count). The number of carbonyl (C=O) groups is 1. The second kappa shape index (κ2) is 4.90. The molecule has 0 saturated heterocycles. The summed E-state index contributed by atoms with van der Waals surface area (Å²) in [5.41, 5.74) is 0.711. The molecule has 19 heavy (non-hydrogen) atoms. The second-order valence-corrected chi connectivity index (χ2v) is 4.79. The molecule has 2 N–H and O–H groups in total. The maximum Gasteiger partial charge on any atom is 0.287 e. The van der Waals surface area contributed by atoms with Gasteiger partial charge in [-0.2, -0.15) is 0 Å². The monoisotopic (exact) mass is 257 g/mol. The number of rotatable bonds is 3. The summed E-state index contributed by atoms with van der Waals surface area (Å²) < 4.78 is 5.51. The summed E-state index contributed by atoms with van der Waals surface area (Å²) in [4.78, 5) is 12.1. The molecule has 0 fully saturated rings. The number of nitrogens with one attached hydrogen (secondary N) is 1. The van der Waals surface area contributed by atoms with E-state index in [1.54, 1.807) is 6.07 Å². The zero-order valence-corrected chi connectivity index (χ0v) is 10.4. The zero-order valence-electron chi connectivity index (χ0n) is 10.4. The van der Waals surface area contributed by atoms with Gasteiger partial charge in [0.05, 0.1) is 0 Å². The average Bonchev–Trinajstić information content (AvgIpc) is 3.04. The number of para-hydroxylation sites is 1. The quantitative estimate of drug-likeness (QED) is 0.828. The van der Waals surface area contributed by atoms with Crippen LogP contribution in [0.4, 0.5) is 0 Å². The van der Waals surface area contributed by atoms with E-state index in [1.165, 1.54) is 0 Å². The molecule has 2 atom stereocenters. The molecule has 1 amide bonds. The van der Waals surface area contributed by atoms with Crippen molar-refractivity contribution in [3.8, 4) is 0 Å². The van der Waals surface area contributed by atoms with Crippen molar-refractivity contribution in [2.45, 2.75) is 12.5 Å². The summed E-state index contributed by atoms with van der Waals surface area (Å²) in [5.74, 6) is 0.243. The van der Waals surface area contributed by atoms with Crippen molar-refractivity contribution < 1.29 is 14.3 Å². The number of hydrogen-bond donors (Lipinski definition) is 2. The molecule has 1 heterocycles. The maximum atomic E-state index is 12.1. The largest absolute Gasteiger partial charge is 0.451 e. The van der Waals surface area contributed by atoms with E-state index >= 15 is 0 Å². The number of amides is 1. The van der Waals surface area contributed by atoms with Gasteiger partial charge in [-0.15, -0.1) is 0 Å². The zero-order chi connectivity index (χ0) is 13.2. The fourth-order valence-corrected chi connectivity index (χ4v) is 2.35. The minimum atomic E-state index is -0.218. The first-order valence-corrected chi connectivity index (χ1v) is 6.35. The molecule has 1 aromatic carbocycles. The first-order valence-electron chi connectivity index (χ1n) is 6.35. The number of carbonyl (C=O) groups excluding carboxylic acids is 1. The lowest BCUT2D eigenvalue weighted by Crippen LogP contribution is -2.32. The Morgan fingerprint density at radius 3 is 2.95 bits per heavy atom. The molecular formula is C15H15NO3. The van der Waals surface area contributed by atoms with Crippen LogP contribution in [0.5, 0.6) is 0 Å². The summed E-state index contributed by atoms with van der Waals surface area (Å²) in [6, 6.07) is 9.24. The van der Waals surface area contributed by atoms with Gasteiger partial charge >= 0.3 is 0 Å². The third kappa shape index (κ3) is 2.39. The average molecular weight is 257 g/mol. The summed E-state index contributed by atoms with van der Waals surface area (Å²) >= 11 is 0. The highest BCUT2D eigenvalue weighted by molar-refractivity contribution is 5.96. The molecule has 4 heteroatoms. The summed E-state index contributed by atoms with van der Waals surface area (Å²) in [6.07, 6.45) is 4.59. The standard InChI is InChI=1S/C15H15NO3/c17-9-10-5-6-12(7-10)16-15(18)14-8-11-3-1-2-4-13(11)19-14/h1-6,8,10,12,17H,7,9H2,(H,16,18)/t10-,12+/m0/s1. The Hall–Kier alpha value is -2.07. The van der Waals surface area contributed by atoms with Gasteiger partial charge < -0.3 is 14.8 Å². The molecule has 0 unspecified atom stereocenters. The number of fused-ring (bicyclic) bond motifs is 1. The van der Waals surface area contributed by atoms with Crippen LogP contribution >= 0.6 is 0 Å². The van der Waals surface area contributed by atoms with Crippen LogP contribution < -0.4 is 5.32 Å². The third-order valence-corrected chi connectivity index (χ3v) is 3.37. The van der Waals surface area contributed by atoms with Crippen molar-refractivity contribution >= 4 is 16.9 Å². The van der Waals surface area contributed by atoms with Crippen LogP contribution in [0.25, 0.3) is 11.0 Å². The number of furan rings is 1. The molecular weight excluding hydrogens is 242 g/mol. The number of aliphatic hydroxyl groups excluding tert-OH is 1. The maximum absolute atomic E-state index is 12.1. The Morgan fingerprint density at radius 1 is 1.37 bits per heavy atom. The lowest BCUT2D eigenvalue weighted by Gasteiger charge is -2.11. The fraction of sp³-hybridized carbons (Fsp3) is 0.267. The van der Waals surface area contributed by atoms with Gasteiger partial charge in [-0.3, -0.25) is 4.79 Å². The molecule has 1 aliphatic carbocycles. The van der Waals surface area contributed by atoms with E-state index in [9.17, 15) is 4.79 Å². The molecule has 1 aromatic heterocycles. The molecule has 0 radical (unpaired) electrons. The van der Waals surface area contributed by atoms with Crippen LogP contribution in [0.15, 0.2) is 46.9 Å². The highest BCUT2D eigenvalue weighted by atomic mass is 16.3. The van der Waals surface area contributed by atoms with Crippen LogP contribution in [0.1, 0.15) is 17.0 Å². The topological polar surface area (TPSA) is 62.5 Å². The van der Waals surface area contributed by atoms with Crippen molar-refractivity contribution in [1.82, 2.24) is 5.32 Å². The van der Waals surface area contributed by atoms with Crippen LogP contribution in [-0.4, -0.2) is 23.7 Å². The van der Waals surface area contributed by atoms with Crippen LogP contribution in [0.3, 0.4) is 0 Å². The van der Waals surface area contributed by atoms with Crippen molar-refractivity contribution in [1.29, 1.82) is 0 Å². The minimum absolute atomic E-state index is 0.0298. The minimum Gasteiger partial charge on any atom is -0.451 e. The second-order valence-electron chi connectivity index (χ2n) is 4.79. The van der Waals surface area contributed by atoms with Crippen molar-refractivity contribution in [2.75, 3.05) is 6.61 Å². The fourth-order valence-electron chi connectivity index (χ4n) is 2.35. The summed E-state index contributed by atoms with van der Waals surface area (Å²) in [5, 5.41) is 12.9. The SMILES string of the molecule is O=C(N[C@@H]1C=C[C@H](CO)C1)c1cc2ccccc2o1. The lowest BCUT2D eigenvalue weighted by atomic mass is 10.1. The van der Waals surface area contributed by atoms with Crippen molar-refractivity contribution in [3.63, 3.8) is 0 Å². The van der Waals surface area contributed by atoms with Gasteiger partial charge in [0.15, 0.2) is 5.76 Å². The van der Waals surface area contributed by atoms with E-state index in [-0.39, 0.29) is 24.5 Å². The van der Waals surface area contributed by atoms with Crippen molar-refractivity contribution in [2.24, 2.45) is 5.92 Å². The van der Waals surface area contributed by atoms with E-state index in [0.717, 1.165) is 11.8 Å². The molecule has 98 valence electrons. The molecule has 0 aliphatic heterocycles. The van der Waals surface area contributed by atoms with Crippen LogP contribution in [0, 0.1) is 5.92 Å².